The fourth-order valence-corrected chi connectivity index (χ4v) is 2.94. The number of nitrogens with zero attached hydrogens (tertiary/aromatic N) is 1. The first kappa shape index (κ1) is 15.2. The monoisotopic (exact) mass is 290 g/mol. The van der Waals surface area contributed by atoms with Gasteiger partial charge in [-0.2, -0.15) is 0 Å². The Kier molecular flexibility index (Phi) is 5.71. The molecule has 1 aromatic carbocycles. The molecule has 108 valence electrons. The highest BCUT2D eigenvalue weighted by Gasteiger charge is 2.10. The van der Waals surface area contributed by atoms with Crippen LogP contribution in [0.3, 0.4) is 0 Å². The molecule has 0 spiro atoms. The van der Waals surface area contributed by atoms with Gasteiger partial charge in [-0.3, -0.25) is 0 Å². The Balaban J connectivity index is 2.07. The lowest BCUT2D eigenvalue weighted by atomic mass is 10.1. The molecule has 0 amide bonds. The molecule has 1 heterocycles. The molecule has 4 heteroatoms. The maximum Gasteiger partial charge on any atom is 0.123 e. The number of thiazole rings is 1. The lowest BCUT2D eigenvalue weighted by molar-refractivity contribution is 0.185. The van der Waals surface area contributed by atoms with Gasteiger partial charge in [-0.25, -0.2) is 4.98 Å². The number of hydrogen-bond acceptors (Lipinski definition) is 4. The van der Waals surface area contributed by atoms with Gasteiger partial charge < -0.3 is 10.1 Å². The summed E-state index contributed by atoms with van der Waals surface area (Å²) in [5.74, 6) is 0. The minimum Gasteiger partial charge on any atom is -0.380 e. The molecule has 1 atom stereocenters. The van der Waals surface area contributed by atoms with E-state index < -0.39 is 0 Å². The highest BCUT2D eigenvalue weighted by Crippen LogP contribution is 2.28. The van der Waals surface area contributed by atoms with E-state index in [1.807, 2.05) is 6.20 Å². The number of rotatable bonds is 7. The summed E-state index contributed by atoms with van der Waals surface area (Å²) < 4.78 is 5.13. The van der Waals surface area contributed by atoms with E-state index in [1.165, 1.54) is 16.0 Å². The summed E-state index contributed by atoms with van der Waals surface area (Å²) in [6.45, 7) is 6.06. The maximum absolute atomic E-state index is 5.13. The van der Waals surface area contributed by atoms with E-state index in [1.54, 1.807) is 18.4 Å². The average Bonchev–Trinajstić information content (AvgIpc) is 2.96. The zero-order chi connectivity index (χ0) is 14.4. The predicted octanol–water partition coefficient (Wildman–Crippen LogP) is 4.02. The van der Waals surface area contributed by atoms with Crippen LogP contribution in [0.4, 0.5) is 0 Å². The predicted molar refractivity (Wildman–Crippen MR) is 85.0 cm³/mol. The van der Waals surface area contributed by atoms with Crippen molar-refractivity contribution in [1.29, 1.82) is 0 Å². The van der Waals surface area contributed by atoms with Gasteiger partial charge in [0, 0.05) is 29.8 Å². The molecule has 0 saturated heterocycles. The molecular weight excluding hydrogens is 268 g/mol. The van der Waals surface area contributed by atoms with Gasteiger partial charge in [-0.05, 0) is 25.5 Å². The minimum atomic E-state index is 0.369. The van der Waals surface area contributed by atoms with Crippen LogP contribution in [0.1, 0.15) is 36.8 Å². The summed E-state index contributed by atoms with van der Waals surface area (Å²) in [5.41, 5.74) is 2.36. The Morgan fingerprint density at radius 3 is 2.70 bits per heavy atom. The molecule has 0 aliphatic carbocycles. The van der Waals surface area contributed by atoms with Crippen molar-refractivity contribution in [3.8, 4) is 10.6 Å². The average molecular weight is 290 g/mol. The second kappa shape index (κ2) is 7.53. The van der Waals surface area contributed by atoms with E-state index in [-0.39, 0.29) is 0 Å². The fraction of sp³-hybridized carbons (Fsp3) is 0.438. The molecule has 3 nitrogen and oxygen atoms in total. The Morgan fingerprint density at radius 2 is 2.05 bits per heavy atom. The molecule has 0 bridgehead atoms. The number of benzene rings is 1. The van der Waals surface area contributed by atoms with Crippen LogP contribution in [0.15, 0.2) is 30.5 Å². The molecule has 1 N–H and O–H groups in total. The van der Waals surface area contributed by atoms with Crippen LogP contribution in [-0.4, -0.2) is 18.6 Å². The van der Waals surface area contributed by atoms with Gasteiger partial charge in [0.05, 0.1) is 6.61 Å². The first-order chi connectivity index (χ1) is 9.74. The maximum atomic E-state index is 5.13. The van der Waals surface area contributed by atoms with Crippen LogP contribution in [0.25, 0.3) is 10.6 Å². The molecule has 1 aromatic heterocycles. The third-order valence-corrected chi connectivity index (χ3v) is 4.39. The van der Waals surface area contributed by atoms with Crippen LogP contribution < -0.4 is 5.32 Å². The Hall–Kier alpha value is -1.23. The third kappa shape index (κ3) is 3.88. The molecule has 20 heavy (non-hydrogen) atoms. The Bertz CT molecular complexity index is 522. The molecule has 0 radical (unpaired) electrons. The molecule has 0 aliphatic rings. The summed E-state index contributed by atoms with van der Waals surface area (Å²) in [6, 6.07) is 8.79. The van der Waals surface area contributed by atoms with Gasteiger partial charge in [0.1, 0.15) is 5.01 Å². The first-order valence-electron chi connectivity index (χ1n) is 7.02. The fourth-order valence-electron chi connectivity index (χ4n) is 1.99. The van der Waals surface area contributed by atoms with Crippen molar-refractivity contribution in [1.82, 2.24) is 10.3 Å². The largest absolute Gasteiger partial charge is 0.380 e. The SMILES string of the molecule is CCCNC(C)c1cnc(-c2ccc(COC)cc2)s1. The number of aromatic nitrogens is 1. The van der Waals surface area contributed by atoms with Gasteiger partial charge in [0.25, 0.3) is 0 Å². The lowest BCUT2D eigenvalue weighted by Crippen LogP contribution is -2.18. The van der Waals surface area contributed by atoms with Crippen molar-refractivity contribution in [3.63, 3.8) is 0 Å². The number of nitrogens with one attached hydrogen (secondary N) is 1. The summed E-state index contributed by atoms with van der Waals surface area (Å²) in [6.07, 6.45) is 3.13. The molecule has 2 rings (SSSR count). The van der Waals surface area contributed by atoms with Crippen molar-refractivity contribution in [2.24, 2.45) is 0 Å². The van der Waals surface area contributed by atoms with E-state index in [0.717, 1.165) is 18.0 Å². The van der Waals surface area contributed by atoms with Gasteiger partial charge >= 0.3 is 0 Å². The molecule has 1 unspecified atom stereocenters. The third-order valence-electron chi connectivity index (χ3n) is 3.16. The topological polar surface area (TPSA) is 34.2 Å². The summed E-state index contributed by atoms with van der Waals surface area (Å²) >= 11 is 1.76. The molecule has 2 aromatic rings. The summed E-state index contributed by atoms with van der Waals surface area (Å²) in [5, 5.41) is 4.57. The van der Waals surface area contributed by atoms with Crippen LogP contribution in [0.5, 0.6) is 0 Å². The number of hydrogen-bond donors (Lipinski definition) is 1. The first-order valence-corrected chi connectivity index (χ1v) is 7.83. The van der Waals surface area contributed by atoms with E-state index in [2.05, 4.69) is 48.4 Å². The van der Waals surface area contributed by atoms with Crippen molar-refractivity contribution in [2.45, 2.75) is 32.9 Å². The highest BCUT2D eigenvalue weighted by molar-refractivity contribution is 7.15. The molecular formula is C16H22N2OS. The van der Waals surface area contributed by atoms with Crippen molar-refractivity contribution in [2.75, 3.05) is 13.7 Å². The lowest BCUT2D eigenvalue weighted by Gasteiger charge is -2.09. The van der Waals surface area contributed by atoms with Crippen LogP contribution in [-0.2, 0) is 11.3 Å². The zero-order valence-electron chi connectivity index (χ0n) is 12.3. The van der Waals surface area contributed by atoms with Crippen LogP contribution >= 0.6 is 11.3 Å². The minimum absolute atomic E-state index is 0.369. The van der Waals surface area contributed by atoms with Gasteiger partial charge in [0.2, 0.25) is 0 Å². The number of methoxy groups -OCH3 is 1. The summed E-state index contributed by atoms with van der Waals surface area (Å²) in [4.78, 5) is 5.83. The molecule has 0 fully saturated rings. The van der Waals surface area contributed by atoms with Crippen molar-refractivity contribution >= 4 is 11.3 Å². The Labute approximate surface area is 125 Å². The van der Waals surface area contributed by atoms with Gasteiger partial charge in [-0.1, -0.05) is 31.2 Å². The zero-order valence-corrected chi connectivity index (χ0v) is 13.2. The molecule has 0 aliphatic heterocycles. The van der Waals surface area contributed by atoms with Crippen LogP contribution in [0, 0.1) is 0 Å². The van der Waals surface area contributed by atoms with Crippen LogP contribution in [0.2, 0.25) is 0 Å². The Morgan fingerprint density at radius 1 is 1.30 bits per heavy atom. The van der Waals surface area contributed by atoms with E-state index in [0.29, 0.717) is 12.6 Å². The smallest absolute Gasteiger partial charge is 0.123 e. The van der Waals surface area contributed by atoms with Gasteiger partial charge in [0.15, 0.2) is 0 Å². The quantitative estimate of drug-likeness (QED) is 0.836. The normalized spacial score (nSPS) is 12.6. The summed E-state index contributed by atoms with van der Waals surface area (Å²) in [7, 11) is 1.71. The van der Waals surface area contributed by atoms with Crippen molar-refractivity contribution < 1.29 is 4.74 Å². The number of ether oxygens (including phenoxy) is 1. The standard InChI is InChI=1S/C16H22N2OS/c1-4-9-17-12(2)15-10-18-16(20-15)14-7-5-13(6-8-14)11-19-3/h5-8,10,12,17H,4,9,11H2,1-3H3. The van der Waals surface area contributed by atoms with E-state index in [4.69, 9.17) is 4.74 Å². The molecule has 0 saturated carbocycles. The van der Waals surface area contributed by atoms with Crippen molar-refractivity contribution in [3.05, 3.63) is 40.9 Å². The second-order valence-electron chi connectivity index (χ2n) is 4.87. The highest BCUT2D eigenvalue weighted by atomic mass is 32.1. The second-order valence-corrected chi connectivity index (χ2v) is 5.94. The van der Waals surface area contributed by atoms with Gasteiger partial charge in [-0.15, -0.1) is 11.3 Å². The van der Waals surface area contributed by atoms with E-state index >= 15 is 0 Å². The van der Waals surface area contributed by atoms with E-state index in [9.17, 15) is 0 Å².